The van der Waals surface area contributed by atoms with Crippen molar-refractivity contribution in [1.82, 2.24) is 10.2 Å². The quantitative estimate of drug-likeness (QED) is 0.725. The summed E-state index contributed by atoms with van der Waals surface area (Å²) in [6.45, 7) is 5.54. The van der Waals surface area contributed by atoms with E-state index in [0.717, 1.165) is 12.8 Å². The second-order valence-electron chi connectivity index (χ2n) is 5.83. The molecule has 3 N–H and O–H groups in total. The lowest BCUT2D eigenvalue weighted by Gasteiger charge is -2.32. The molecule has 0 saturated carbocycles. The summed E-state index contributed by atoms with van der Waals surface area (Å²) in [5.74, 6) is 0.332. The van der Waals surface area contributed by atoms with E-state index < -0.39 is 6.04 Å². The van der Waals surface area contributed by atoms with Crippen molar-refractivity contribution in [3.05, 3.63) is 0 Å². The molecule has 0 aliphatic carbocycles. The molecule has 0 bridgehead atoms. The van der Waals surface area contributed by atoms with E-state index in [4.69, 9.17) is 10.5 Å². The number of nitrogens with two attached hydrogens (primary N) is 1. The van der Waals surface area contributed by atoms with Gasteiger partial charge in [-0.25, -0.2) is 0 Å². The molecule has 0 aromatic carbocycles. The molecule has 1 aliphatic heterocycles. The Hall–Kier alpha value is -1.14. The Morgan fingerprint density at radius 1 is 1.35 bits per heavy atom. The summed E-state index contributed by atoms with van der Waals surface area (Å²) < 4.78 is 4.84. The standard InChI is InChI=1S/C14H27N3O3/c1-10(2)8-12(15)14(19)16-11-4-6-17(7-5-11)13(18)9-20-3/h10-12H,4-9,15H2,1-3H3,(H,16,19). The lowest BCUT2D eigenvalue weighted by atomic mass is 10.0. The van der Waals surface area contributed by atoms with Crippen molar-refractivity contribution in [2.24, 2.45) is 11.7 Å². The second-order valence-corrected chi connectivity index (χ2v) is 5.83. The molecular formula is C14H27N3O3. The fourth-order valence-corrected chi connectivity index (χ4v) is 2.41. The van der Waals surface area contributed by atoms with Crippen LogP contribution in [0.1, 0.15) is 33.1 Å². The maximum atomic E-state index is 11.9. The number of rotatable bonds is 6. The van der Waals surface area contributed by atoms with E-state index >= 15 is 0 Å². The van der Waals surface area contributed by atoms with Crippen molar-refractivity contribution >= 4 is 11.8 Å². The molecule has 1 rings (SSSR count). The number of amides is 2. The average molecular weight is 285 g/mol. The van der Waals surface area contributed by atoms with Crippen LogP contribution >= 0.6 is 0 Å². The third-order valence-electron chi connectivity index (χ3n) is 3.52. The Balaban J connectivity index is 2.31. The number of ether oxygens (including phenoxy) is 1. The Bertz CT molecular complexity index is 326. The van der Waals surface area contributed by atoms with E-state index in [1.165, 1.54) is 7.11 Å². The topological polar surface area (TPSA) is 84.7 Å². The molecule has 6 nitrogen and oxygen atoms in total. The van der Waals surface area contributed by atoms with Gasteiger partial charge < -0.3 is 20.7 Å². The fraction of sp³-hybridized carbons (Fsp3) is 0.857. The van der Waals surface area contributed by atoms with Crippen LogP contribution < -0.4 is 11.1 Å². The van der Waals surface area contributed by atoms with Gasteiger partial charge in [-0.05, 0) is 25.2 Å². The molecule has 0 aromatic heterocycles. The van der Waals surface area contributed by atoms with Crippen LogP contribution in [0.2, 0.25) is 0 Å². The van der Waals surface area contributed by atoms with Crippen molar-refractivity contribution < 1.29 is 14.3 Å². The van der Waals surface area contributed by atoms with Gasteiger partial charge in [0, 0.05) is 26.2 Å². The second kappa shape index (κ2) is 8.21. The van der Waals surface area contributed by atoms with E-state index in [1.54, 1.807) is 4.90 Å². The maximum Gasteiger partial charge on any atom is 0.248 e. The minimum atomic E-state index is -0.442. The molecule has 2 amide bonds. The lowest BCUT2D eigenvalue weighted by molar-refractivity contribution is -0.136. The first-order chi connectivity index (χ1) is 9.43. The normalized spacial score (nSPS) is 18.1. The van der Waals surface area contributed by atoms with Gasteiger partial charge in [0.2, 0.25) is 11.8 Å². The monoisotopic (exact) mass is 285 g/mol. The van der Waals surface area contributed by atoms with E-state index in [1.807, 2.05) is 13.8 Å². The number of nitrogens with one attached hydrogen (secondary N) is 1. The van der Waals surface area contributed by atoms with Gasteiger partial charge in [-0.15, -0.1) is 0 Å². The fourth-order valence-electron chi connectivity index (χ4n) is 2.41. The average Bonchev–Trinajstić information content (AvgIpc) is 2.39. The smallest absolute Gasteiger partial charge is 0.248 e. The molecule has 1 atom stereocenters. The van der Waals surface area contributed by atoms with Crippen LogP contribution in [0.15, 0.2) is 0 Å². The maximum absolute atomic E-state index is 11.9. The molecule has 1 unspecified atom stereocenters. The summed E-state index contributed by atoms with van der Waals surface area (Å²) in [4.78, 5) is 25.4. The highest BCUT2D eigenvalue weighted by Crippen LogP contribution is 2.11. The Morgan fingerprint density at radius 2 is 1.95 bits per heavy atom. The number of carbonyl (C=O) groups excluding carboxylic acids is 2. The highest BCUT2D eigenvalue weighted by atomic mass is 16.5. The predicted octanol–water partition coefficient (Wildman–Crippen LogP) is 0.113. The highest BCUT2D eigenvalue weighted by molar-refractivity contribution is 5.82. The van der Waals surface area contributed by atoms with Gasteiger partial charge >= 0.3 is 0 Å². The Labute approximate surface area is 121 Å². The third kappa shape index (κ3) is 5.46. The molecule has 1 heterocycles. The van der Waals surface area contributed by atoms with Crippen molar-refractivity contribution in [2.75, 3.05) is 26.8 Å². The molecule has 6 heteroatoms. The third-order valence-corrected chi connectivity index (χ3v) is 3.52. The summed E-state index contributed by atoms with van der Waals surface area (Å²) in [6.07, 6.45) is 2.24. The molecule has 1 fully saturated rings. The molecule has 116 valence electrons. The van der Waals surface area contributed by atoms with Crippen LogP contribution in [0, 0.1) is 5.92 Å². The number of nitrogens with zero attached hydrogens (tertiary/aromatic N) is 1. The van der Waals surface area contributed by atoms with Crippen LogP contribution in [-0.2, 0) is 14.3 Å². The minimum absolute atomic E-state index is 0.00813. The SMILES string of the molecule is COCC(=O)N1CCC(NC(=O)C(N)CC(C)C)CC1. The summed E-state index contributed by atoms with van der Waals surface area (Å²) in [5, 5.41) is 2.98. The van der Waals surface area contributed by atoms with Crippen LogP contribution in [-0.4, -0.2) is 55.6 Å². The highest BCUT2D eigenvalue weighted by Gasteiger charge is 2.25. The van der Waals surface area contributed by atoms with Crippen LogP contribution in [0.25, 0.3) is 0 Å². The van der Waals surface area contributed by atoms with Crippen LogP contribution in [0.5, 0.6) is 0 Å². The number of piperidine rings is 1. The number of carbonyl (C=O) groups is 2. The number of hydrogen-bond acceptors (Lipinski definition) is 4. The zero-order chi connectivity index (χ0) is 15.1. The van der Waals surface area contributed by atoms with Gasteiger partial charge in [0.1, 0.15) is 6.61 Å². The predicted molar refractivity (Wildman–Crippen MR) is 77.1 cm³/mol. The number of methoxy groups -OCH3 is 1. The van der Waals surface area contributed by atoms with Gasteiger partial charge in [0.15, 0.2) is 0 Å². The molecule has 0 aromatic rings. The van der Waals surface area contributed by atoms with E-state index in [9.17, 15) is 9.59 Å². The first kappa shape index (κ1) is 16.9. The molecular weight excluding hydrogens is 258 g/mol. The van der Waals surface area contributed by atoms with Crippen molar-refractivity contribution in [1.29, 1.82) is 0 Å². The summed E-state index contributed by atoms with van der Waals surface area (Å²) in [5.41, 5.74) is 5.86. The largest absolute Gasteiger partial charge is 0.375 e. The molecule has 1 aliphatic rings. The first-order valence-electron chi connectivity index (χ1n) is 7.26. The van der Waals surface area contributed by atoms with Crippen molar-refractivity contribution in [3.8, 4) is 0 Å². The molecule has 20 heavy (non-hydrogen) atoms. The summed E-state index contributed by atoms with van der Waals surface area (Å²) in [7, 11) is 1.51. The first-order valence-corrected chi connectivity index (χ1v) is 7.26. The molecule has 0 spiro atoms. The molecule has 1 saturated heterocycles. The number of likely N-dealkylation sites (tertiary alicyclic amines) is 1. The van der Waals surface area contributed by atoms with Gasteiger partial charge in [0.25, 0.3) is 0 Å². The van der Waals surface area contributed by atoms with E-state index in [2.05, 4.69) is 5.32 Å². The van der Waals surface area contributed by atoms with Crippen molar-refractivity contribution in [2.45, 2.75) is 45.2 Å². The summed E-state index contributed by atoms with van der Waals surface area (Å²) >= 11 is 0. The van der Waals surface area contributed by atoms with E-state index in [0.29, 0.717) is 25.4 Å². The van der Waals surface area contributed by atoms with Crippen LogP contribution in [0.3, 0.4) is 0 Å². The van der Waals surface area contributed by atoms with Crippen molar-refractivity contribution in [3.63, 3.8) is 0 Å². The Kier molecular flexibility index (Phi) is 6.95. The Morgan fingerprint density at radius 3 is 2.45 bits per heavy atom. The zero-order valence-electron chi connectivity index (χ0n) is 12.7. The van der Waals surface area contributed by atoms with Gasteiger partial charge in [-0.1, -0.05) is 13.8 Å². The zero-order valence-corrected chi connectivity index (χ0v) is 12.7. The summed E-state index contributed by atoms with van der Waals surface area (Å²) in [6, 6.07) is -0.324. The van der Waals surface area contributed by atoms with E-state index in [-0.39, 0.29) is 24.5 Å². The minimum Gasteiger partial charge on any atom is -0.375 e. The van der Waals surface area contributed by atoms with Gasteiger partial charge in [-0.2, -0.15) is 0 Å². The van der Waals surface area contributed by atoms with Crippen LogP contribution in [0.4, 0.5) is 0 Å². The lowest BCUT2D eigenvalue weighted by Crippen LogP contribution is -2.51. The number of hydrogen-bond donors (Lipinski definition) is 2. The van der Waals surface area contributed by atoms with Gasteiger partial charge in [-0.3, -0.25) is 9.59 Å². The molecule has 0 radical (unpaired) electrons. The van der Waals surface area contributed by atoms with Gasteiger partial charge in [0.05, 0.1) is 6.04 Å².